The molecule has 1 fully saturated rings. The van der Waals surface area contributed by atoms with Crippen molar-refractivity contribution in [1.82, 2.24) is 4.90 Å². The number of carbonyl (C=O) groups excluding carboxylic acids is 2. The molecule has 2 aromatic carbocycles. The lowest BCUT2D eigenvalue weighted by molar-refractivity contribution is -0.136. The van der Waals surface area contributed by atoms with E-state index in [1.54, 1.807) is 20.8 Å². The van der Waals surface area contributed by atoms with Gasteiger partial charge in [0.15, 0.2) is 11.6 Å². The van der Waals surface area contributed by atoms with Crippen molar-refractivity contribution in [3.8, 4) is 5.75 Å². The Hall–Kier alpha value is -3.76. The first-order valence-corrected chi connectivity index (χ1v) is 13.2. The zero-order valence-electron chi connectivity index (χ0n) is 21.7. The SMILES string of the molecule is CC(C)(C)OC(=O)N1CCN(c2cccc(NC(=O)c3ccc(F)c(OS(=O)(=O)C(F)(F)F)c3)c2C(F)(F)F)CC1. The van der Waals surface area contributed by atoms with Crippen LogP contribution in [-0.4, -0.2) is 62.6 Å². The Morgan fingerprint density at radius 1 is 0.927 bits per heavy atom. The summed E-state index contributed by atoms with van der Waals surface area (Å²) < 4.78 is 126. The number of alkyl halides is 6. The Bertz CT molecular complexity index is 1410. The van der Waals surface area contributed by atoms with Crippen LogP contribution in [-0.2, 0) is 21.0 Å². The van der Waals surface area contributed by atoms with Crippen molar-refractivity contribution in [3.63, 3.8) is 0 Å². The average Bonchev–Trinajstić information content (AvgIpc) is 2.82. The van der Waals surface area contributed by atoms with Crippen LogP contribution < -0.4 is 14.4 Å². The number of ether oxygens (including phenoxy) is 1. The van der Waals surface area contributed by atoms with Gasteiger partial charge in [0.2, 0.25) is 0 Å². The zero-order chi connectivity index (χ0) is 31.0. The van der Waals surface area contributed by atoms with Crippen LogP contribution >= 0.6 is 0 Å². The van der Waals surface area contributed by atoms with Crippen LogP contribution in [0.25, 0.3) is 0 Å². The van der Waals surface area contributed by atoms with Gasteiger partial charge in [0.1, 0.15) is 11.2 Å². The van der Waals surface area contributed by atoms with Gasteiger partial charge in [-0.05, 0) is 51.1 Å². The monoisotopic (exact) mass is 615 g/mol. The average molecular weight is 616 g/mol. The highest BCUT2D eigenvalue weighted by atomic mass is 32.2. The van der Waals surface area contributed by atoms with Crippen LogP contribution in [0.5, 0.6) is 5.75 Å². The summed E-state index contributed by atoms with van der Waals surface area (Å²) in [6.45, 7) is 5.07. The van der Waals surface area contributed by atoms with Gasteiger partial charge < -0.3 is 24.0 Å². The summed E-state index contributed by atoms with van der Waals surface area (Å²) in [4.78, 5) is 27.7. The Morgan fingerprint density at radius 3 is 2.07 bits per heavy atom. The van der Waals surface area contributed by atoms with Gasteiger partial charge in [-0.2, -0.15) is 34.8 Å². The summed E-state index contributed by atoms with van der Waals surface area (Å²) >= 11 is 0. The number of halogens is 7. The third-order valence-electron chi connectivity index (χ3n) is 5.52. The maximum Gasteiger partial charge on any atom is 0.534 e. The quantitative estimate of drug-likeness (QED) is 0.274. The fraction of sp³-hybridized carbons (Fsp3) is 0.417. The largest absolute Gasteiger partial charge is 0.534 e. The van der Waals surface area contributed by atoms with Crippen LogP contribution in [0.4, 0.5) is 46.9 Å². The second-order valence-corrected chi connectivity index (χ2v) is 11.3. The van der Waals surface area contributed by atoms with Gasteiger partial charge >= 0.3 is 27.9 Å². The molecule has 1 saturated heterocycles. The lowest BCUT2D eigenvalue weighted by Crippen LogP contribution is -2.50. The van der Waals surface area contributed by atoms with E-state index in [2.05, 4.69) is 4.18 Å². The number of nitrogens with zero attached hydrogens (tertiary/aromatic N) is 2. The topological polar surface area (TPSA) is 105 Å². The molecule has 0 aromatic heterocycles. The molecule has 0 spiro atoms. The van der Waals surface area contributed by atoms with Crippen molar-refractivity contribution in [2.75, 3.05) is 36.4 Å². The van der Waals surface area contributed by atoms with Gasteiger partial charge in [0.25, 0.3) is 5.91 Å². The standard InChI is InChI=1S/C24H24F7N3O6S/c1-22(2,3)39-21(36)34-11-9-33(10-12-34)17-6-4-5-16(19(17)23(26,27)28)32-20(35)14-7-8-15(25)18(13-14)40-41(37,38)24(29,30)31/h4-8,13H,9-12H2,1-3H3,(H,32,35). The first kappa shape index (κ1) is 31.8. The minimum atomic E-state index is -6.30. The number of piperazine rings is 1. The van der Waals surface area contributed by atoms with Crippen LogP contribution in [0.1, 0.15) is 36.7 Å². The summed E-state index contributed by atoms with van der Waals surface area (Å²) in [5.41, 5.74) is -9.67. The van der Waals surface area contributed by atoms with Crippen molar-refractivity contribution in [2.24, 2.45) is 0 Å². The molecule has 2 aromatic rings. The normalized spacial score (nSPS) is 15.0. The van der Waals surface area contributed by atoms with E-state index < -0.39 is 67.8 Å². The maximum atomic E-state index is 14.2. The first-order chi connectivity index (χ1) is 18.7. The molecule has 0 bridgehead atoms. The number of amides is 2. The summed E-state index contributed by atoms with van der Waals surface area (Å²) in [5.74, 6) is -4.38. The van der Waals surface area contributed by atoms with E-state index in [1.165, 1.54) is 15.9 Å². The van der Waals surface area contributed by atoms with Gasteiger partial charge in [-0.1, -0.05) is 6.07 Å². The number of hydrogen-bond donors (Lipinski definition) is 1. The number of hydrogen-bond acceptors (Lipinski definition) is 7. The lowest BCUT2D eigenvalue weighted by Gasteiger charge is -2.38. The van der Waals surface area contributed by atoms with Crippen molar-refractivity contribution in [3.05, 3.63) is 53.3 Å². The molecule has 1 aliphatic rings. The molecule has 0 saturated carbocycles. The van der Waals surface area contributed by atoms with Crippen molar-refractivity contribution in [2.45, 2.75) is 38.1 Å². The highest BCUT2D eigenvalue weighted by Gasteiger charge is 2.49. The molecule has 9 nitrogen and oxygen atoms in total. The smallest absolute Gasteiger partial charge is 0.444 e. The molecule has 17 heteroatoms. The lowest BCUT2D eigenvalue weighted by atomic mass is 10.1. The summed E-state index contributed by atoms with van der Waals surface area (Å²) in [6.07, 6.45) is -5.63. The fourth-order valence-corrected chi connectivity index (χ4v) is 4.19. The van der Waals surface area contributed by atoms with Gasteiger partial charge in [0.05, 0.1) is 11.4 Å². The van der Waals surface area contributed by atoms with Crippen LogP contribution in [0, 0.1) is 5.82 Å². The van der Waals surface area contributed by atoms with E-state index in [1.807, 2.05) is 5.32 Å². The van der Waals surface area contributed by atoms with Gasteiger partial charge in [0, 0.05) is 31.7 Å². The molecule has 0 unspecified atom stereocenters. The van der Waals surface area contributed by atoms with Gasteiger partial charge in [-0.25, -0.2) is 9.18 Å². The Labute approximate surface area is 229 Å². The Balaban J connectivity index is 1.86. The molecule has 1 heterocycles. The number of benzene rings is 2. The van der Waals surface area contributed by atoms with E-state index in [0.29, 0.717) is 18.2 Å². The number of carbonyl (C=O) groups is 2. The van der Waals surface area contributed by atoms with Crippen molar-refractivity contribution >= 4 is 33.5 Å². The van der Waals surface area contributed by atoms with E-state index in [4.69, 9.17) is 4.74 Å². The molecule has 0 aliphatic carbocycles. The molecule has 2 amide bonds. The minimum absolute atomic E-state index is 0.00787. The third-order valence-corrected chi connectivity index (χ3v) is 6.49. The molecule has 0 atom stereocenters. The zero-order valence-corrected chi connectivity index (χ0v) is 22.5. The number of rotatable bonds is 5. The van der Waals surface area contributed by atoms with Gasteiger partial charge in [-0.3, -0.25) is 4.79 Å². The molecule has 3 rings (SSSR count). The third kappa shape index (κ3) is 7.71. The highest BCUT2D eigenvalue weighted by Crippen LogP contribution is 2.42. The molecule has 1 aliphatic heterocycles. The fourth-order valence-electron chi connectivity index (χ4n) is 3.73. The predicted octanol–water partition coefficient (Wildman–Crippen LogP) is 5.38. The summed E-state index contributed by atoms with van der Waals surface area (Å²) in [7, 11) is -6.30. The molecule has 41 heavy (non-hydrogen) atoms. The Morgan fingerprint density at radius 2 is 1.54 bits per heavy atom. The maximum absolute atomic E-state index is 14.2. The Kier molecular flexibility index (Phi) is 8.72. The van der Waals surface area contributed by atoms with E-state index in [9.17, 15) is 48.7 Å². The predicted molar refractivity (Wildman–Crippen MR) is 131 cm³/mol. The molecule has 1 N–H and O–H groups in total. The van der Waals surface area contributed by atoms with Crippen LogP contribution in [0.15, 0.2) is 36.4 Å². The minimum Gasteiger partial charge on any atom is -0.444 e. The van der Waals surface area contributed by atoms with E-state index in [-0.39, 0.29) is 31.9 Å². The summed E-state index contributed by atoms with van der Waals surface area (Å²) in [5, 5.41) is 1.99. The molecule has 226 valence electrons. The highest BCUT2D eigenvalue weighted by molar-refractivity contribution is 7.88. The van der Waals surface area contributed by atoms with Gasteiger partial charge in [-0.15, -0.1) is 0 Å². The molecular weight excluding hydrogens is 591 g/mol. The van der Waals surface area contributed by atoms with E-state index >= 15 is 0 Å². The molecular formula is C24H24F7N3O6S. The van der Waals surface area contributed by atoms with E-state index in [0.717, 1.165) is 12.1 Å². The first-order valence-electron chi connectivity index (χ1n) is 11.7. The van der Waals surface area contributed by atoms with Crippen LogP contribution in [0.2, 0.25) is 0 Å². The molecule has 0 radical (unpaired) electrons. The number of anilines is 2. The van der Waals surface area contributed by atoms with Crippen LogP contribution in [0.3, 0.4) is 0 Å². The second kappa shape index (κ2) is 11.3. The van der Waals surface area contributed by atoms with Crippen molar-refractivity contribution < 1.29 is 57.7 Å². The summed E-state index contributed by atoms with van der Waals surface area (Å²) in [6, 6.07) is 4.74. The van der Waals surface area contributed by atoms with Crippen molar-refractivity contribution in [1.29, 1.82) is 0 Å². The number of nitrogens with one attached hydrogen (secondary N) is 1. The second-order valence-electron chi connectivity index (χ2n) is 9.73.